The van der Waals surface area contributed by atoms with Crippen LogP contribution in [0.5, 0.6) is 0 Å². The number of nitrogens with one attached hydrogen (secondary N) is 3. The standard InChI is InChI=1S/C20H23N3O3S/c1-13-4-8-16(9-5-13)22-18(24)12-27-14(2)19(25)23-17-10-6-15(7-11-17)20(26)21-3/h4-11,14H,12H2,1-3H3,(H,21,26)(H,22,24)(H,23,25). The number of aryl methyl sites for hydroxylation is 1. The molecule has 2 aromatic rings. The molecule has 0 aromatic heterocycles. The minimum atomic E-state index is -0.396. The molecule has 0 radical (unpaired) electrons. The van der Waals surface area contributed by atoms with E-state index >= 15 is 0 Å². The van der Waals surface area contributed by atoms with Crippen LogP contribution >= 0.6 is 11.8 Å². The van der Waals surface area contributed by atoms with E-state index in [1.54, 1.807) is 38.2 Å². The second kappa shape index (κ2) is 9.78. The second-order valence-corrected chi connectivity index (χ2v) is 7.34. The Balaban J connectivity index is 1.80. The van der Waals surface area contributed by atoms with Crippen LogP contribution in [0, 0.1) is 6.92 Å². The van der Waals surface area contributed by atoms with Gasteiger partial charge in [0.25, 0.3) is 5.91 Å². The van der Waals surface area contributed by atoms with Crippen molar-refractivity contribution in [3.63, 3.8) is 0 Å². The first-order valence-corrected chi connectivity index (χ1v) is 9.55. The molecular weight excluding hydrogens is 362 g/mol. The number of carbonyl (C=O) groups is 3. The van der Waals surface area contributed by atoms with Crippen molar-refractivity contribution < 1.29 is 14.4 Å². The van der Waals surface area contributed by atoms with Crippen molar-refractivity contribution in [1.29, 1.82) is 0 Å². The summed E-state index contributed by atoms with van der Waals surface area (Å²) in [6, 6.07) is 14.2. The number of thioether (sulfide) groups is 1. The highest BCUT2D eigenvalue weighted by atomic mass is 32.2. The average Bonchev–Trinajstić information content (AvgIpc) is 2.67. The maximum Gasteiger partial charge on any atom is 0.251 e. The second-order valence-electron chi connectivity index (χ2n) is 6.01. The van der Waals surface area contributed by atoms with Gasteiger partial charge in [-0.15, -0.1) is 11.8 Å². The van der Waals surface area contributed by atoms with E-state index in [4.69, 9.17) is 0 Å². The van der Waals surface area contributed by atoms with Gasteiger partial charge in [0.2, 0.25) is 11.8 Å². The van der Waals surface area contributed by atoms with Crippen molar-refractivity contribution in [3.8, 4) is 0 Å². The van der Waals surface area contributed by atoms with E-state index in [0.29, 0.717) is 11.3 Å². The predicted octanol–water partition coefficient (Wildman–Crippen LogP) is 3.05. The summed E-state index contributed by atoms with van der Waals surface area (Å²) in [5.74, 6) is -0.358. The van der Waals surface area contributed by atoms with E-state index in [1.165, 1.54) is 11.8 Å². The first-order chi connectivity index (χ1) is 12.9. The summed E-state index contributed by atoms with van der Waals surface area (Å²) in [5, 5.41) is 7.73. The summed E-state index contributed by atoms with van der Waals surface area (Å²) in [6.07, 6.45) is 0. The molecule has 7 heteroatoms. The van der Waals surface area contributed by atoms with E-state index in [1.807, 2.05) is 31.2 Å². The van der Waals surface area contributed by atoms with Crippen molar-refractivity contribution in [2.45, 2.75) is 19.1 Å². The van der Waals surface area contributed by atoms with Gasteiger partial charge in [0.15, 0.2) is 0 Å². The van der Waals surface area contributed by atoms with Gasteiger partial charge in [-0.3, -0.25) is 14.4 Å². The highest BCUT2D eigenvalue weighted by Gasteiger charge is 2.16. The van der Waals surface area contributed by atoms with Crippen LogP contribution in [0.1, 0.15) is 22.8 Å². The Kier molecular flexibility index (Phi) is 7.43. The number of benzene rings is 2. The van der Waals surface area contributed by atoms with E-state index in [9.17, 15) is 14.4 Å². The fourth-order valence-electron chi connectivity index (χ4n) is 2.20. The molecule has 1 atom stereocenters. The normalized spacial score (nSPS) is 11.4. The Labute approximate surface area is 163 Å². The lowest BCUT2D eigenvalue weighted by molar-refractivity contribution is -0.115. The van der Waals surface area contributed by atoms with Crippen molar-refractivity contribution in [2.75, 3.05) is 23.4 Å². The topological polar surface area (TPSA) is 87.3 Å². The van der Waals surface area contributed by atoms with Gasteiger partial charge in [-0.05, 0) is 50.2 Å². The molecule has 2 rings (SSSR count). The maximum absolute atomic E-state index is 12.3. The van der Waals surface area contributed by atoms with Gasteiger partial charge in [-0.1, -0.05) is 17.7 Å². The Morgan fingerprint density at radius 2 is 1.48 bits per heavy atom. The Morgan fingerprint density at radius 1 is 0.926 bits per heavy atom. The molecule has 0 bridgehead atoms. The number of rotatable bonds is 7. The molecule has 0 saturated carbocycles. The van der Waals surface area contributed by atoms with E-state index in [0.717, 1.165) is 11.3 Å². The quantitative estimate of drug-likeness (QED) is 0.684. The summed E-state index contributed by atoms with van der Waals surface area (Å²) >= 11 is 1.26. The van der Waals surface area contributed by atoms with Crippen LogP contribution in [0.3, 0.4) is 0 Å². The van der Waals surface area contributed by atoms with Gasteiger partial charge in [0.1, 0.15) is 0 Å². The molecular formula is C20H23N3O3S. The van der Waals surface area contributed by atoms with Crippen LogP contribution in [-0.4, -0.2) is 35.8 Å². The van der Waals surface area contributed by atoms with Crippen LogP contribution in [0.25, 0.3) is 0 Å². The third-order valence-corrected chi connectivity index (χ3v) is 4.95. The molecule has 1 unspecified atom stereocenters. The van der Waals surface area contributed by atoms with Crippen molar-refractivity contribution >= 4 is 40.9 Å². The number of carbonyl (C=O) groups excluding carboxylic acids is 3. The molecule has 0 fully saturated rings. The molecule has 3 N–H and O–H groups in total. The third kappa shape index (κ3) is 6.45. The summed E-state index contributed by atoms with van der Waals surface area (Å²) in [7, 11) is 1.56. The van der Waals surface area contributed by atoms with Crippen LogP contribution < -0.4 is 16.0 Å². The van der Waals surface area contributed by atoms with Crippen molar-refractivity contribution in [1.82, 2.24) is 5.32 Å². The molecule has 0 aliphatic carbocycles. The number of anilines is 2. The lowest BCUT2D eigenvalue weighted by Crippen LogP contribution is -2.25. The minimum absolute atomic E-state index is 0.154. The molecule has 0 spiro atoms. The summed E-state index contributed by atoms with van der Waals surface area (Å²) < 4.78 is 0. The molecule has 142 valence electrons. The summed E-state index contributed by atoms with van der Waals surface area (Å²) in [5.41, 5.74) is 2.98. The minimum Gasteiger partial charge on any atom is -0.355 e. The van der Waals surface area contributed by atoms with Crippen molar-refractivity contribution in [2.24, 2.45) is 0 Å². The number of hydrogen-bond acceptors (Lipinski definition) is 4. The zero-order chi connectivity index (χ0) is 19.8. The fourth-order valence-corrected chi connectivity index (χ4v) is 2.89. The van der Waals surface area contributed by atoms with E-state index in [2.05, 4.69) is 16.0 Å². The van der Waals surface area contributed by atoms with Gasteiger partial charge in [-0.25, -0.2) is 0 Å². The Bertz CT molecular complexity index is 804. The van der Waals surface area contributed by atoms with Gasteiger partial charge < -0.3 is 16.0 Å². The molecule has 0 aliphatic heterocycles. The molecule has 2 aromatic carbocycles. The van der Waals surface area contributed by atoms with Crippen LogP contribution in [0.4, 0.5) is 11.4 Å². The van der Waals surface area contributed by atoms with Crippen LogP contribution in [-0.2, 0) is 9.59 Å². The highest BCUT2D eigenvalue weighted by molar-refractivity contribution is 8.01. The van der Waals surface area contributed by atoms with E-state index < -0.39 is 5.25 Å². The maximum atomic E-state index is 12.3. The predicted molar refractivity (Wildman–Crippen MR) is 110 cm³/mol. The Morgan fingerprint density at radius 3 is 2.07 bits per heavy atom. The zero-order valence-electron chi connectivity index (χ0n) is 15.5. The lowest BCUT2D eigenvalue weighted by Gasteiger charge is -2.12. The first kappa shape index (κ1) is 20.5. The molecule has 6 nitrogen and oxygen atoms in total. The molecule has 0 saturated heterocycles. The van der Waals surface area contributed by atoms with E-state index in [-0.39, 0.29) is 23.5 Å². The smallest absolute Gasteiger partial charge is 0.251 e. The molecule has 27 heavy (non-hydrogen) atoms. The zero-order valence-corrected chi connectivity index (χ0v) is 16.4. The fraction of sp³-hybridized carbons (Fsp3) is 0.250. The SMILES string of the molecule is CNC(=O)c1ccc(NC(=O)C(C)SCC(=O)Nc2ccc(C)cc2)cc1. The van der Waals surface area contributed by atoms with Gasteiger partial charge in [0, 0.05) is 24.0 Å². The third-order valence-electron chi connectivity index (χ3n) is 3.81. The average molecular weight is 385 g/mol. The van der Waals surface area contributed by atoms with Crippen LogP contribution in [0.2, 0.25) is 0 Å². The molecule has 0 heterocycles. The highest BCUT2D eigenvalue weighted by Crippen LogP contribution is 2.16. The van der Waals surface area contributed by atoms with Gasteiger partial charge in [-0.2, -0.15) is 0 Å². The summed E-state index contributed by atoms with van der Waals surface area (Å²) in [6.45, 7) is 3.73. The summed E-state index contributed by atoms with van der Waals surface area (Å²) in [4.78, 5) is 35.8. The number of hydrogen-bond donors (Lipinski definition) is 3. The Hall–Kier alpha value is -2.80. The van der Waals surface area contributed by atoms with Crippen molar-refractivity contribution in [3.05, 3.63) is 59.7 Å². The van der Waals surface area contributed by atoms with Crippen LogP contribution in [0.15, 0.2) is 48.5 Å². The molecule has 0 aliphatic rings. The molecule has 3 amide bonds. The van der Waals surface area contributed by atoms with Gasteiger partial charge >= 0.3 is 0 Å². The lowest BCUT2D eigenvalue weighted by atomic mass is 10.2. The largest absolute Gasteiger partial charge is 0.355 e. The number of amides is 3. The first-order valence-electron chi connectivity index (χ1n) is 8.50. The van der Waals surface area contributed by atoms with Gasteiger partial charge in [0.05, 0.1) is 11.0 Å². The monoisotopic (exact) mass is 385 g/mol.